The molecule has 2 aliphatic heterocycles. The quantitative estimate of drug-likeness (QED) is 0.171. The number of aromatic nitrogens is 8. The first-order chi connectivity index (χ1) is 25.2. The first kappa shape index (κ1) is 34.8. The minimum atomic E-state index is 0. The molecule has 3 aromatic heterocycles. The van der Waals surface area contributed by atoms with E-state index in [4.69, 9.17) is 62.8 Å². The van der Waals surface area contributed by atoms with E-state index in [1.807, 2.05) is 52.0 Å². The summed E-state index contributed by atoms with van der Waals surface area (Å²) >= 11 is 0. The summed E-state index contributed by atoms with van der Waals surface area (Å²) in [6, 6.07) is 16.4. The third-order valence-corrected chi connectivity index (χ3v) is 10.4. The molecule has 258 valence electrons. The molecule has 0 atom stereocenters. The van der Waals surface area contributed by atoms with Crippen LogP contribution in [0, 0.1) is 27.7 Å². The van der Waals surface area contributed by atoms with Gasteiger partial charge in [-0.3, -0.25) is 0 Å². The number of fused-ring (bicyclic) bond motifs is 20. The van der Waals surface area contributed by atoms with Gasteiger partial charge in [0, 0.05) is 71.0 Å². The summed E-state index contributed by atoms with van der Waals surface area (Å²) in [5, 5.41) is 3.30. The van der Waals surface area contributed by atoms with Gasteiger partial charge in [0.15, 0.2) is 0 Å². The normalized spacial score (nSPS) is 11.9. The standard InChI is InChI=1S/C40H36N12.Zn/c1-17-5-25-29(9-21(17)13-41)37-45-33(25)49-38-30-10-22(14-42)18(2)6-26(30)35(46-38)51-40-32-12-24(16-44)20(4)8-28(32)36(48-40)52-39-31-11-23(15-43)19(3)7-27(31)34(47-39)50-37;/h5-12H,13-16,41-44H2,1-4H3;/q-2;+2. The molecule has 0 radical (unpaired) electrons. The number of rotatable bonds is 4. The molecule has 0 unspecified atom stereocenters. The summed E-state index contributed by atoms with van der Waals surface area (Å²) in [6.07, 6.45) is 0. The molecule has 4 aromatic carbocycles. The molecule has 0 saturated carbocycles. The van der Waals surface area contributed by atoms with Gasteiger partial charge < -0.3 is 52.8 Å². The first-order valence-electron chi connectivity index (χ1n) is 17.2. The van der Waals surface area contributed by atoms with E-state index in [1.165, 1.54) is 0 Å². The molecule has 5 heterocycles. The van der Waals surface area contributed by atoms with Crippen molar-refractivity contribution in [1.29, 1.82) is 0 Å². The third-order valence-electron chi connectivity index (χ3n) is 10.4. The van der Waals surface area contributed by atoms with E-state index in [2.05, 4.69) is 24.3 Å². The summed E-state index contributed by atoms with van der Waals surface area (Å²) in [6.45, 7) is 9.63. The number of hydrogen-bond donors (Lipinski definition) is 4. The molecule has 12 nitrogen and oxygen atoms in total. The summed E-state index contributed by atoms with van der Waals surface area (Å²) in [7, 11) is 0. The van der Waals surface area contributed by atoms with Crippen LogP contribution in [-0.2, 0) is 45.7 Å². The minimum Gasteiger partial charge on any atom is -0.357 e. The molecule has 53 heavy (non-hydrogen) atoms. The van der Waals surface area contributed by atoms with Crippen molar-refractivity contribution in [3.05, 3.63) is 93.0 Å². The molecule has 13 heteroatoms. The Morgan fingerprint density at radius 1 is 0.377 bits per heavy atom. The summed E-state index contributed by atoms with van der Waals surface area (Å²) in [5.74, 6) is 1.92. The second-order valence-corrected chi connectivity index (χ2v) is 13.6. The van der Waals surface area contributed by atoms with E-state index in [-0.39, 0.29) is 19.5 Å². The van der Waals surface area contributed by atoms with Gasteiger partial charge in [-0.2, -0.15) is 0 Å². The van der Waals surface area contributed by atoms with Crippen molar-refractivity contribution < 1.29 is 19.5 Å². The second-order valence-electron chi connectivity index (χ2n) is 13.6. The van der Waals surface area contributed by atoms with Crippen molar-refractivity contribution >= 4 is 44.1 Å². The largest absolute Gasteiger partial charge is 2.00 e. The van der Waals surface area contributed by atoms with Gasteiger partial charge in [-0.05, 0) is 130 Å². The summed E-state index contributed by atoms with van der Waals surface area (Å²) in [4.78, 5) is 40.6. The Labute approximate surface area is 317 Å². The fourth-order valence-corrected chi connectivity index (χ4v) is 7.34. The van der Waals surface area contributed by atoms with Gasteiger partial charge in [0.25, 0.3) is 0 Å². The predicted octanol–water partition coefficient (Wildman–Crippen LogP) is 5.19. The fourth-order valence-electron chi connectivity index (χ4n) is 7.34. The van der Waals surface area contributed by atoms with Crippen LogP contribution in [0.15, 0.2) is 48.5 Å². The number of benzene rings is 4. The molecule has 2 aliphatic rings. The Morgan fingerprint density at radius 2 is 0.642 bits per heavy atom. The molecule has 8 N–H and O–H groups in total. The van der Waals surface area contributed by atoms with Crippen LogP contribution in [0.25, 0.3) is 89.7 Å². The van der Waals surface area contributed by atoms with E-state index in [0.29, 0.717) is 72.1 Å². The van der Waals surface area contributed by atoms with Crippen LogP contribution in [-0.4, -0.2) is 29.9 Å². The van der Waals surface area contributed by atoms with E-state index in [0.717, 1.165) is 88.3 Å². The van der Waals surface area contributed by atoms with Crippen molar-refractivity contribution in [2.24, 2.45) is 22.9 Å². The maximum atomic E-state index is 6.19. The topological polar surface area (TPSA) is 210 Å². The van der Waals surface area contributed by atoms with Gasteiger partial charge in [-0.1, -0.05) is 12.1 Å². The Hall–Kier alpha value is -5.30. The van der Waals surface area contributed by atoms with Crippen molar-refractivity contribution in [3.8, 4) is 45.6 Å². The van der Waals surface area contributed by atoms with Crippen LogP contribution in [0.2, 0.25) is 0 Å². The van der Waals surface area contributed by atoms with E-state index >= 15 is 0 Å². The Morgan fingerprint density at radius 3 is 0.962 bits per heavy atom. The molecule has 0 saturated heterocycles. The summed E-state index contributed by atoms with van der Waals surface area (Å²) in [5.41, 5.74) is 38.1. The number of nitrogens with zero attached hydrogens (tertiary/aromatic N) is 8. The van der Waals surface area contributed by atoms with E-state index < -0.39 is 0 Å². The van der Waals surface area contributed by atoms with Crippen LogP contribution in [0.4, 0.5) is 0 Å². The van der Waals surface area contributed by atoms with E-state index in [1.54, 1.807) is 0 Å². The third kappa shape index (κ3) is 5.46. The van der Waals surface area contributed by atoms with Crippen LogP contribution in [0.5, 0.6) is 0 Å². The monoisotopic (exact) mass is 748 g/mol. The molecule has 0 aliphatic carbocycles. The Balaban J connectivity index is 0.00000400. The maximum absolute atomic E-state index is 6.19. The molecule has 0 spiro atoms. The molecule has 7 aromatic rings. The van der Waals surface area contributed by atoms with Crippen molar-refractivity contribution in [2.45, 2.75) is 53.9 Å². The van der Waals surface area contributed by atoms with Crippen LogP contribution in [0.1, 0.15) is 44.5 Å². The van der Waals surface area contributed by atoms with Crippen molar-refractivity contribution in [3.63, 3.8) is 0 Å². The Bertz CT molecular complexity index is 2660. The number of hydrogen-bond acceptors (Lipinski definition) is 10. The molecule has 9 rings (SSSR count). The molecule has 8 bridgehead atoms. The SMILES string of the molecule is Cc1cc2c(cc1CN)-c1nc-2nc2[n-]c(nc3nc(nc4[n-]c(n1)c1cc(C)c(CN)cc41)-c1cc(C)c(CN)cc1-3)c1cc(C)c(CN)cc21.[Zn+2]. The van der Waals surface area contributed by atoms with E-state index in [9.17, 15) is 0 Å². The molecule has 0 fully saturated rings. The van der Waals surface area contributed by atoms with Crippen LogP contribution < -0.4 is 32.9 Å². The zero-order valence-corrected chi connectivity index (χ0v) is 33.0. The minimum absolute atomic E-state index is 0. The molecule has 0 amide bonds. The second kappa shape index (κ2) is 13.0. The average molecular weight is 750 g/mol. The number of nitrogens with two attached hydrogens (primary N) is 4. The van der Waals surface area contributed by atoms with Gasteiger partial charge in [-0.25, -0.2) is 9.97 Å². The van der Waals surface area contributed by atoms with Gasteiger partial charge in [0.1, 0.15) is 0 Å². The van der Waals surface area contributed by atoms with Crippen LogP contribution >= 0.6 is 0 Å². The smallest absolute Gasteiger partial charge is 0.357 e. The van der Waals surface area contributed by atoms with Gasteiger partial charge in [-0.15, -0.1) is 0 Å². The van der Waals surface area contributed by atoms with Gasteiger partial charge in [0.2, 0.25) is 0 Å². The zero-order valence-electron chi connectivity index (χ0n) is 30.0. The summed E-state index contributed by atoms with van der Waals surface area (Å²) < 4.78 is 0. The van der Waals surface area contributed by atoms with Gasteiger partial charge in [0.05, 0.1) is 23.3 Å². The van der Waals surface area contributed by atoms with Crippen molar-refractivity contribution in [1.82, 2.24) is 39.9 Å². The zero-order chi connectivity index (χ0) is 36.0. The Kier molecular flexibility index (Phi) is 8.51. The fraction of sp³-hybridized carbons (Fsp3) is 0.200. The molecular weight excluding hydrogens is 714 g/mol. The predicted molar refractivity (Wildman–Crippen MR) is 205 cm³/mol. The molecular formula is C40H36N12Zn. The first-order valence-corrected chi connectivity index (χ1v) is 17.2. The van der Waals surface area contributed by atoms with Gasteiger partial charge >= 0.3 is 19.5 Å². The maximum Gasteiger partial charge on any atom is 2.00 e. The number of aryl methyl sites for hydroxylation is 4. The van der Waals surface area contributed by atoms with Crippen LogP contribution in [0.3, 0.4) is 0 Å². The van der Waals surface area contributed by atoms with Crippen molar-refractivity contribution in [2.75, 3.05) is 0 Å². The average Bonchev–Trinajstić information content (AvgIpc) is 3.84.